The van der Waals surface area contributed by atoms with Crippen molar-refractivity contribution in [2.75, 3.05) is 6.61 Å². The second-order valence-corrected chi connectivity index (χ2v) is 3.69. The van der Waals surface area contributed by atoms with E-state index in [4.69, 9.17) is 5.11 Å². The van der Waals surface area contributed by atoms with Gasteiger partial charge in [-0.2, -0.15) is 0 Å². The van der Waals surface area contributed by atoms with Crippen LogP contribution in [0.5, 0.6) is 0 Å². The van der Waals surface area contributed by atoms with Crippen LogP contribution in [0.1, 0.15) is 19.5 Å². The number of aliphatic hydroxyl groups excluding tert-OH is 1. The molecule has 0 bridgehead atoms. The summed E-state index contributed by atoms with van der Waals surface area (Å²) in [7, 11) is 0. The van der Waals surface area contributed by atoms with Gasteiger partial charge in [0.25, 0.3) is 0 Å². The molecule has 62 valence electrons. The molecule has 0 aliphatic heterocycles. The number of nitrogens with one attached hydrogen (secondary N) is 1. The van der Waals surface area contributed by atoms with Gasteiger partial charge in [0.15, 0.2) is 0 Å². The van der Waals surface area contributed by atoms with E-state index in [9.17, 15) is 0 Å². The number of hydrogen-bond acceptors (Lipinski definition) is 1. The molecule has 0 unspecified atom stereocenters. The van der Waals surface area contributed by atoms with Crippen LogP contribution >= 0.6 is 0 Å². The van der Waals surface area contributed by atoms with Crippen LogP contribution < -0.4 is 0 Å². The molecule has 0 aliphatic rings. The molecule has 0 saturated heterocycles. The Morgan fingerprint density at radius 3 is 2.73 bits per heavy atom. The highest BCUT2D eigenvalue weighted by molar-refractivity contribution is 5.05. The third kappa shape index (κ3) is 2.39. The van der Waals surface area contributed by atoms with Crippen molar-refractivity contribution in [2.24, 2.45) is 5.41 Å². The molecule has 0 saturated carbocycles. The van der Waals surface area contributed by atoms with Gasteiger partial charge < -0.3 is 10.1 Å². The fraction of sp³-hybridized carbons (Fsp3) is 0.556. The Kier molecular flexibility index (Phi) is 2.35. The van der Waals surface area contributed by atoms with Crippen LogP contribution in [0, 0.1) is 5.41 Å². The average molecular weight is 153 g/mol. The van der Waals surface area contributed by atoms with Crippen molar-refractivity contribution in [3.05, 3.63) is 24.0 Å². The molecule has 0 aliphatic carbocycles. The van der Waals surface area contributed by atoms with E-state index < -0.39 is 0 Å². The zero-order valence-corrected chi connectivity index (χ0v) is 7.09. The highest BCUT2D eigenvalue weighted by atomic mass is 16.3. The number of aromatic nitrogens is 1. The van der Waals surface area contributed by atoms with E-state index in [1.54, 1.807) is 0 Å². The van der Waals surface area contributed by atoms with Crippen molar-refractivity contribution in [1.82, 2.24) is 4.98 Å². The molecule has 0 aromatic carbocycles. The molecule has 2 nitrogen and oxygen atoms in total. The maximum Gasteiger partial charge on any atom is 0.0485 e. The largest absolute Gasteiger partial charge is 0.396 e. The smallest absolute Gasteiger partial charge is 0.0485 e. The SMILES string of the molecule is CC(C)(CO)Cc1ccc[nH]1. The van der Waals surface area contributed by atoms with Gasteiger partial charge in [-0.1, -0.05) is 13.8 Å². The summed E-state index contributed by atoms with van der Waals surface area (Å²) in [5, 5.41) is 8.98. The Balaban J connectivity index is 2.56. The van der Waals surface area contributed by atoms with Crippen LogP contribution in [0.3, 0.4) is 0 Å². The first-order valence-corrected chi connectivity index (χ1v) is 3.87. The van der Waals surface area contributed by atoms with E-state index in [0.29, 0.717) is 0 Å². The summed E-state index contributed by atoms with van der Waals surface area (Å²) in [5.74, 6) is 0. The van der Waals surface area contributed by atoms with Gasteiger partial charge in [0.2, 0.25) is 0 Å². The van der Waals surface area contributed by atoms with Crippen molar-refractivity contribution in [3.63, 3.8) is 0 Å². The van der Waals surface area contributed by atoms with Crippen LogP contribution in [0.15, 0.2) is 18.3 Å². The summed E-state index contributed by atoms with van der Waals surface area (Å²) in [5.41, 5.74) is 1.18. The Bertz CT molecular complexity index is 201. The number of rotatable bonds is 3. The molecule has 1 aromatic rings. The predicted molar refractivity (Wildman–Crippen MR) is 45.4 cm³/mol. The van der Waals surface area contributed by atoms with Gasteiger partial charge >= 0.3 is 0 Å². The predicted octanol–water partition coefficient (Wildman–Crippen LogP) is 1.58. The molecule has 1 heterocycles. The van der Waals surface area contributed by atoms with E-state index in [2.05, 4.69) is 4.98 Å². The highest BCUT2D eigenvalue weighted by Crippen LogP contribution is 2.19. The third-order valence-corrected chi connectivity index (χ3v) is 1.76. The topological polar surface area (TPSA) is 36.0 Å². The summed E-state index contributed by atoms with van der Waals surface area (Å²) in [6.45, 7) is 4.33. The molecule has 11 heavy (non-hydrogen) atoms. The highest BCUT2D eigenvalue weighted by Gasteiger charge is 2.16. The number of hydrogen-bond donors (Lipinski definition) is 2. The van der Waals surface area contributed by atoms with Crippen molar-refractivity contribution >= 4 is 0 Å². The molecular weight excluding hydrogens is 138 g/mol. The van der Waals surface area contributed by atoms with Crippen molar-refractivity contribution in [1.29, 1.82) is 0 Å². The molecule has 0 atom stereocenters. The lowest BCUT2D eigenvalue weighted by Gasteiger charge is -2.20. The van der Waals surface area contributed by atoms with E-state index in [-0.39, 0.29) is 12.0 Å². The zero-order chi connectivity index (χ0) is 8.32. The molecule has 0 radical (unpaired) electrons. The Labute approximate surface area is 67.3 Å². The molecule has 2 heteroatoms. The minimum Gasteiger partial charge on any atom is -0.396 e. The normalized spacial score (nSPS) is 11.9. The zero-order valence-electron chi connectivity index (χ0n) is 7.09. The van der Waals surface area contributed by atoms with Crippen LogP contribution in [0.25, 0.3) is 0 Å². The Hall–Kier alpha value is -0.760. The molecule has 2 N–H and O–H groups in total. The van der Waals surface area contributed by atoms with Crippen LogP contribution in [0.2, 0.25) is 0 Å². The van der Waals surface area contributed by atoms with Gasteiger partial charge in [-0.15, -0.1) is 0 Å². The number of aromatic amines is 1. The van der Waals surface area contributed by atoms with Gasteiger partial charge in [-0.3, -0.25) is 0 Å². The van der Waals surface area contributed by atoms with E-state index in [0.717, 1.165) is 6.42 Å². The quantitative estimate of drug-likeness (QED) is 0.679. The summed E-state index contributed by atoms with van der Waals surface area (Å²) >= 11 is 0. The van der Waals surface area contributed by atoms with Gasteiger partial charge in [-0.25, -0.2) is 0 Å². The van der Waals surface area contributed by atoms with E-state index >= 15 is 0 Å². The maximum atomic E-state index is 8.98. The fourth-order valence-electron chi connectivity index (χ4n) is 1.05. The van der Waals surface area contributed by atoms with Crippen LogP contribution in [0.4, 0.5) is 0 Å². The van der Waals surface area contributed by atoms with E-state index in [1.807, 2.05) is 32.2 Å². The molecular formula is C9H15NO. The minimum absolute atomic E-state index is 0.00907. The summed E-state index contributed by atoms with van der Waals surface area (Å²) in [6, 6.07) is 4.01. The fourth-order valence-corrected chi connectivity index (χ4v) is 1.05. The van der Waals surface area contributed by atoms with Crippen LogP contribution in [-0.2, 0) is 6.42 Å². The van der Waals surface area contributed by atoms with Crippen molar-refractivity contribution in [2.45, 2.75) is 20.3 Å². The van der Waals surface area contributed by atoms with Gasteiger partial charge in [0.05, 0.1) is 0 Å². The maximum absolute atomic E-state index is 8.98. The van der Waals surface area contributed by atoms with Gasteiger partial charge in [-0.05, 0) is 24.0 Å². The van der Waals surface area contributed by atoms with E-state index in [1.165, 1.54) is 5.69 Å². The van der Waals surface area contributed by atoms with Gasteiger partial charge in [0.1, 0.15) is 0 Å². The second-order valence-electron chi connectivity index (χ2n) is 3.69. The standard InChI is InChI=1S/C9H15NO/c1-9(2,7-11)6-8-4-3-5-10-8/h3-5,10-11H,6-7H2,1-2H3. The van der Waals surface area contributed by atoms with Gasteiger partial charge in [0, 0.05) is 18.5 Å². The first-order chi connectivity index (χ1) is 5.14. The summed E-state index contributed by atoms with van der Waals surface area (Å²) < 4.78 is 0. The minimum atomic E-state index is -0.00907. The lowest BCUT2D eigenvalue weighted by atomic mass is 9.89. The first kappa shape index (κ1) is 8.34. The lowest BCUT2D eigenvalue weighted by Crippen LogP contribution is -2.19. The molecule has 0 amide bonds. The molecule has 1 rings (SSSR count). The van der Waals surface area contributed by atoms with Crippen LogP contribution in [-0.4, -0.2) is 16.7 Å². The molecule has 1 aromatic heterocycles. The summed E-state index contributed by atoms with van der Waals surface area (Å²) in [6.07, 6.45) is 2.80. The number of aliphatic hydroxyl groups is 1. The average Bonchev–Trinajstić information content (AvgIpc) is 2.39. The van der Waals surface area contributed by atoms with Crippen molar-refractivity contribution < 1.29 is 5.11 Å². The third-order valence-electron chi connectivity index (χ3n) is 1.76. The monoisotopic (exact) mass is 153 g/mol. The van der Waals surface area contributed by atoms with Crippen molar-refractivity contribution in [3.8, 4) is 0 Å². The molecule has 0 spiro atoms. The Morgan fingerprint density at radius 2 is 2.27 bits per heavy atom. The first-order valence-electron chi connectivity index (χ1n) is 3.87. The summed E-state index contributed by atoms with van der Waals surface area (Å²) in [4.78, 5) is 3.12. The Morgan fingerprint density at radius 1 is 1.55 bits per heavy atom. The molecule has 0 fully saturated rings. The lowest BCUT2D eigenvalue weighted by molar-refractivity contribution is 0.159. The number of H-pyrrole nitrogens is 1. The second kappa shape index (κ2) is 3.09.